The molecule has 25 heavy (non-hydrogen) atoms. The van der Waals surface area contributed by atoms with E-state index in [4.69, 9.17) is 4.74 Å². The van der Waals surface area contributed by atoms with Crippen LogP contribution in [0.15, 0.2) is 42.0 Å². The first-order chi connectivity index (χ1) is 12.2. The highest BCUT2D eigenvalue weighted by Gasteiger charge is 2.11. The van der Waals surface area contributed by atoms with Gasteiger partial charge in [0.25, 0.3) is 5.91 Å². The largest absolute Gasteiger partial charge is 0.382 e. The number of ether oxygens (including phenoxy) is 1. The third kappa shape index (κ3) is 5.52. The Morgan fingerprint density at radius 2 is 2.16 bits per heavy atom. The van der Waals surface area contributed by atoms with Crippen LogP contribution in [0.5, 0.6) is 0 Å². The number of thiophene rings is 1. The van der Waals surface area contributed by atoms with Gasteiger partial charge in [-0.15, -0.1) is 11.3 Å². The van der Waals surface area contributed by atoms with E-state index in [0.717, 1.165) is 9.75 Å². The van der Waals surface area contributed by atoms with Crippen molar-refractivity contribution in [1.29, 1.82) is 5.26 Å². The summed E-state index contributed by atoms with van der Waals surface area (Å²) in [7, 11) is 0. The maximum atomic E-state index is 13.8. The molecule has 0 aliphatic carbocycles. The molecule has 4 nitrogen and oxygen atoms in total. The average molecular weight is 358 g/mol. The lowest BCUT2D eigenvalue weighted by Crippen LogP contribution is -2.26. The molecule has 1 aromatic carbocycles. The second-order valence-corrected chi connectivity index (χ2v) is 6.27. The Kier molecular flexibility index (Phi) is 7.33. The molecule has 2 aromatic rings. The van der Waals surface area contributed by atoms with E-state index in [1.807, 2.05) is 13.0 Å². The first-order valence-corrected chi connectivity index (χ1v) is 8.79. The van der Waals surface area contributed by atoms with E-state index in [2.05, 4.69) is 5.32 Å². The van der Waals surface area contributed by atoms with Gasteiger partial charge in [-0.25, -0.2) is 4.39 Å². The summed E-state index contributed by atoms with van der Waals surface area (Å²) >= 11 is 1.33. The van der Waals surface area contributed by atoms with Crippen molar-refractivity contribution in [3.63, 3.8) is 0 Å². The van der Waals surface area contributed by atoms with Crippen LogP contribution in [0.25, 0.3) is 16.5 Å². The maximum absolute atomic E-state index is 13.8. The van der Waals surface area contributed by atoms with Gasteiger partial charge in [0.15, 0.2) is 0 Å². The summed E-state index contributed by atoms with van der Waals surface area (Å²) in [6, 6.07) is 12.0. The van der Waals surface area contributed by atoms with E-state index in [-0.39, 0.29) is 11.4 Å². The average Bonchev–Trinajstić information content (AvgIpc) is 3.08. The van der Waals surface area contributed by atoms with Crippen LogP contribution in [0.3, 0.4) is 0 Å². The van der Waals surface area contributed by atoms with Gasteiger partial charge >= 0.3 is 0 Å². The van der Waals surface area contributed by atoms with Gasteiger partial charge in [-0.05, 0) is 37.6 Å². The topological polar surface area (TPSA) is 62.1 Å². The Morgan fingerprint density at radius 1 is 1.36 bits per heavy atom. The summed E-state index contributed by atoms with van der Waals surface area (Å²) in [6.07, 6.45) is 2.21. The van der Waals surface area contributed by atoms with Gasteiger partial charge in [0.05, 0.1) is 0 Å². The SMILES string of the molecule is CCOCCCNC(=O)/C(C#N)=C\c1ccc(-c2ccccc2F)s1. The highest BCUT2D eigenvalue weighted by atomic mass is 32.1. The minimum absolute atomic E-state index is 0.0262. The van der Waals surface area contributed by atoms with Crippen LogP contribution in [0.2, 0.25) is 0 Å². The van der Waals surface area contributed by atoms with Crippen molar-refractivity contribution in [2.24, 2.45) is 0 Å². The molecule has 1 N–H and O–H groups in total. The lowest BCUT2D eigenvalue weighted by molar-refractivity contribution is -0.117. The quantitative estimate of drug-likeness (QED) is 0.441. The third-order valence-electron chi connectivity index (χ3n) is 3.37. The molecule has 0 saturated carbocycles. The lowest BCUT2D eigenvalue weighted by Gasteiger charge is -2.04. The number of rotatable bonds is 8. The molecule has 130 valence electrons. The highest BCUT2D eigenvalue weighted by Crippen LogP contribution is 2.31. The van der Waals surface area contributed by atoms with Gasteiger partial charge in [0.1, 0.15) is 17.5 Å². The van der Waals surface area contributed by atoms with Gasteiger partial charge in [0.2, 0.25) is 0 Å². The minimum atomic E-state index is -0.417. The molecule has 0 spiro atoms. The highest BCUT2D eigenvalue weighted by molar-refractivity contribution is 7.16. The second kappa shape index (κ2) is 9.72. The number of amides is 1. The zero-order valence-corrected chi connectivity index (χ0v) is 14.7. The number of carbonyl (C=O) groups is 1. The fraction of sp³-hybridized carbons (Fsp3) is 0.263. The minimum Gasteiger partial charge on any atom is -0.382 e. The van der Waals surface area contributed by atoms with Crippen molar-refractivity contribution in [3.8, 4) is 16.5 Å². The Hall–Kier alpha value is -2.49. The summed E-state index contributed by atoms with van der Waals surface area (Å²) in [5, 5.41) is 11.9. The first kappa shape index (κ1) is 18.8. The number of carbonyl (C=O) groups excluding carboxylic acids is 1. The molecular formula is C19H19FN2O2S. The Balaban J connectivity index is 2.04. The van der Waals surface area contributed by atoms with E-state index in [9.17, 15) is 14.4 Å². The predicted molar refractivity (Wildman–Crippen MR) is 97.4 cm³/mol. The second-order valence-electron chi connectivity index (χ2n) is 5.16. The number of nitriles is 1. The van der Waals surface area contributed by atoms with Gasteiger partial charge in [-0.3, -0.25) is 4.79 Å². The van der Waals surface area contributed by atoms with Crippen molar-refractivity contribution in [2.75, 3.05) is 19.8 Å². The molecule has 0 aliphatic rings. The van der Waals surface area contributed by atoms with Crippen molar-refractivity contribution < 1.29 is 13.9 Å². The van der Waals surface area contributed by atoms with E-state index in [1.54, 1.807) is 30.3 Å². The number of nitrogens with zero attached hydrogens (tertiary/aromatic N) is 1. The van der Waals surface area contributed by atoms with Gasteiger partial charge in [-0.2, -0.15) is 5.26 Å². The van der Waals surface area contributed by atoms with Gasteiger partial charge in [0, 0.05) is 35.1 Å². The third-order valence-corrected chi connectivity index (χ3v) is 4.44. The molecule has 6 heteroatoms. The van der Waals surface area contributed by atoms with Crippen molar-refractivity contribution in [2.45, 2.75) is 13.3 Å². The first-order valence-electron chi connectivity index (χ1n) is 7.98. The van der Waals surface area contributed by atoms with Gasteiger partial charge in [-0.1, -0.05) is 18.2 Å². The molecule has 1 amide bonds. The number of hydrogen-bond donors (Lipinski definition) is 1. The lowest BCUT2D eigenvalue weighted by atomic mass is 10.2. The summed E-state index contributed by atoms with van der Waals surface area (Å²) in [5.74, 6) is -0.715. The molecule has 1 aromatic heterocycles. The van der Waals surface area contributed by atoms with E-state index in [1.165, 1.54) is 23.5 Å². The molecule has 0 saturated heterocycles. The summed E-state index contributed by atoms with van der Waals surface area (Å²) < 4.78 is 19.0. The van der Waals surface area contributed by atoms with Crippen molar-refractivity contribution in [1.82, 2.24) is 5.32 Å². The number of benzene rings is 1. The normalized spacial score (nSPS) is 11.2. The van der Waals surface area contributed by atoms with Crippen LogP contribution in [-0.2, 0) is 9.53 Å². The van der Waals surface area contributed by atoms with Crippen LogP contribution < -0.4 is 5.32 Å². The van der Waals surface area contributed by atoms with E-state index < -0.39 is 5.91 Å². The number of halogens is 1. The number of hydrogen-bond acceptors (Lipinski definition) is 4. The molecule has 0 aliphatic heterocycles. The molecule has 0 unspecified atom stereocenters. The molecular weight excluding hydrogens is 339 g/mol. The van der Waals surface area contributed by atoms with Crippen LogP contribution in [-0.4, -0.2) is 25.7 Å². The zero-order valence-electron chi connectivity index (χ0n) is 13.9. The molecule has 0 fully saturated rings. The molecule has 0 bridgehead atoms. The maximum Gasteiger partial charge on any atom is 0.261 e. The standard InChI is InChI=1S/C19H19FN2O2S/c1-2-24-11-5-10-22-19(23)14(13-21)12-15-8-9-18(25-15)16-6-3-4-7-17(16)20/h3-4,6-9,12H,2,5,10-11H2,1H3,(H,22,23)/b14-12-. The molecule has 1 heterocycles. The van der Waals surface area contributed by atoms with Crippen molar-refractivity contribution in [3.05, 3.63) is 52.7 Å². The Morgan fingerprint density at radius 3 is 2.88 bits per heavy atom. The smallest absolute Gasteiger partial charge is 0.261 e. The van der Waals surface area contributed by atoms with Crippen molar-refractivity contribution >= 4 is 23.3 Å². The summed E-state index contributed by atoms with van der Waals surface area (Å²) in [6.45, 7) is 3.56. The van der Waals surface area contributed by atoms with E-state index >= 15 is 0 Å². The van der Waals surface area contributed by atoms with E-state index in [0.29, 0.717) is 31.7 Å². The summed E-state index contributed by atoms with van der Waals surface area (Å²) in [4.78, 5) is 13.5. The monoisotopic (exact) mass is 358 g/mol. The van der Waals surface area contributed by atoms with Gasteiger partial charge < -0.3 is 10.1 Å². The van der Waals surface area contributed by atoms with Crippen LogP contribution in [0, 0.1) is 17.1 Å². The Bertz CT molecular complexity index is 793. The number of nitrogens with one attached hydrogen (secondary N) is 1. The van der Waals surface area contributed by atoms with Crippen LogP contribution in [0.1, 0.15) is 18.2 Å². The summed E-state index contributed by atoms with van der Waals surface area (Å²) in [5.41, 5.74) is 0.532. The molecule has 0 atom stereocenters. The molecule has 0 radical (unpaired) electrons. The fourth-order valence-electron chi connectivity index (χ4n) is 2.14. The van der Waals surface area contributed by atoms with Crippen LogP contribution in [0.4, 0.5) is 4.39 Å². The predicted octanol–water partition coefficient (Wildman–Crippen LogP) is 4.00. The Labute approximate surface area is 150 Å². The van der Waals surface area contributed by atoms with Crippen LogP contribution >= 0.6 is 11.3 Å². The zero-order chi connectivity index (χ0) is 18.1. The molecule has 2 rings (SSSR count). The fourth-order valence-corrected chi connectivity index (χ4v) is 3.12.